The Morgan fingerprint density at radius 3 is 2.42 bits per heavy atom. The highest BCUT2D eigenvalue weighted by atomic mass is 32.2. The van der Waals surface area contributed by atoms with Crippen molar-refractivity contribution in [2.75, 3.05) is 42.3 Å². The molecular formula is C24H32N4O4S. The summed E-state index contributed by atoms with van der Waals surface area (Å²) < 4.78 is 27.6. The van der Waals surface area contributed by atoms with Gasteiger partial charge in [-0.15, -0.1) is 0 Å². The summed E-state index contributed by atoms with van der Waals surface area (Å²) in [5.41, 5.74) is 0.145. The molecule has 178 valence electrons. The predicted octanol–water partition coefficient (Wildman–Crippen LogP) is 3.67. The number of piperidine rings is 2. The van der Waals surface area contributed by atoms with Gasteiger partial charge in [-0.05, 0) is 75.9 Å². The maximum Gasteiger partial charge on any atom is 0.339 e. The maximum absolute atomic E-state index is 12.6. The Labute approximate surface area is 195 Å². The molecule has 3 heterocycles. The normalized spacial score (nSPS) is 18.2. The number of carbonyl (C=O) groups is 1. The van der Waals surface area contributed by atoms with E-state index < -0.39 is 16.0 Å². The third-order valence-corrected chi connectivity index (χ3v) is 8.02. The number of rotatable bonds is 8. The number of aromatic nitrogens is 1. The molecule has 4 rings (SSSR count). The number of nitrogens with zero attached hydrogens (tertiary/aromatic N) is 3. The molecule has 0 atom stereocenters. The van der Waals surface area contributed by atoms with Crippen LogP contribution in [0.25, 0.3) is 0 Å². The lowest BCUT2D eigenvalue weighted by Gasteiger charge is -2.35. The Kier molecular flexibility index (Phi) is 7.49. The molecule has 33 heavy (non-hydrogen) atoms. The van der Waals surface area contributed by atoms with Crippen LogP contribution in [0.5, 0.6) is 0 Å². The van der Waals surface area contributed by atoms with E-state index in [2.05, 4.69) is 14.6 Å². The minimum absolute atomic E-state index is 0.00929. The zero-order chi connectivity index (χ0) is 23.3. The van der Waals surface area contributed by atoms with Gasteiger partial charge in [0.05, 0.1) is 16.8 Å². The lowest BCUT2D eigenvalue weighted by molar-refractivity contribution is 0.0697. The van der Waals surface area contributed by atoms with Gasteiger partial charge in [-0.25, -0.2) is 18.2 Å². The van der Waals surface area contributed by atoms with Crippen molar-refractivity contribution in [1.29, 1.82) is 0 Å². The van der Waals surface area contributed by atoms with Crippen molar-refractivity contribution in [1.82, 2.24) is 9.88 Å². The average Bonchev–Trinajstić information content (AvgIpc) is 2.84. The zero-order valence-corrected chi connectivity index (χ0v) is 19.6. The van der Waals surface area contributed by atoms with Gasteiger partial charge in [0.2, 0.25) is 0 Å². The molecule has 0 spiro atoms. The fraction of sp³-hybridized carbons (Fsp3) is 0.500. The van der Waals surface area contributed by atoms with Gasteiger partial charge in [0.1, 0.15) is 11.4 Å². The number of nitrogens with one attached hydrogen (secondary N) is 1. The molecule has 2 N–H and O–H groups in total. The maximum atomic E-state index is 12.6. The van der Waals surface area contributed by atoms with Crippen LogP contribution in [0.3, 0.4) is 0 Å². The first kappa shape index (κ1) is 23.5. The van der Waals surface area contributed by atoms with Crippen LogP contribution in [0, 0.1) is 5.92 Å². The predicted molar refractivity (Wildman–Crippen MR) is 128 cm³/mol. The molecule has 1 aromatic carbocycles. The zero-order valence-electron chi connectivity index (χ0n) is 18.8. The number of aromatic carboxylic acids is 1. The van der Waals surface area contributed by atoms with Crippen LogP contribution in [0.2, 0.25) is 0 Å². The van der Waals surface area contributed by atoms with Crippen molar-refractivity contribution in [2.45, 2.75) is 43.4 Å². The number of carboxylic acids is 1. The van der Waals surface area contributed by atoms with Crippen LogP contribution in [0.15, 0.2) is 47.5 Å². The lowest BCUT2D eigenvalue weighted by Crippen LogP contribution is -2.37. The first-order valence-corrected chi connectivity index (χ1v) is 13.2. The molecule has 0 radical (unpaired) electrons. The van der Waals surface area contributed by atoms with Crippen molar-refractivity contribution >= 4 is 27.5 Å². The molecule has 0 saturated carbocycles. The van der Waals surface area contributed by atoms with E-state index in [1.807, 2.05) is 4.90 Å². The van der Waals surface area contributed by atoms with E-state index in [0.29, 0.717) is 11.7 Å². The summed E-state index contributed by atoms with van der Waals surface area (Å²) in [5.74, 6) is -0.0708. The third-order valence-electron chi connectivity index (χ3n) is 6.62. The summed E-state index contributed by atoms with van der Waals surface area (Å²) in [6.45, 7) is 5.09. The smallest absolute Gasteiger partial charge is 0.339 e. The van der Waals surface area contributed by atoms with Gasteiger partial charge < -0.3 is 14.9 Å². The summed E-state index contributed by atoms with van der Waals surface area (Å²) in [6.07, 6.45) is 8.56. The van der Waals surface area contributed by atoms with Gasteiger partial charge in [0.15, 0.2) is 0 Å². The second-order valence-corrected chi connectivity index (χ2v) is 10.6. The number of hydrogen-bond acceptors (Lipinski definition) is 6. The van der Waals surface area contributed by atoms with Crippen molar-refractivity contribution in [3.63, 3.8) is 0 Å². The van der Waals surface area contributed by atoms with Gasteiger partial charge in [-0.3, -0.25) is 4.72 Å². The van der Waals surface area contributed by atoms with Gasteiger partial charge in [-0.2, -0.15) is 0 Å². The highest BCUT2D eigenvalue weighted by Gasteiger charge is 2.25. The monoisotopic (exact) mass is 472 g/mol. The highest BCUT2D eigenvalue weighted by molar-refractivity contribution is 7.92. The molecule has 0 unspecified atom stereocenters. The third kappa shape index (κ3) is 6.03. The van der Waals surface area contributed by atoms with E-state index >= 15 is 0 Å². The lowest BCUT2D eigenvalue weighted by atomic mass is 9.93. The van der Waals surface area contributed by atoms with E-state index in [-0.39, 0.29) is 16.1 Å². The molecule has 2 aliphatic heterocycles. The molecule has 2 aromatic rings. The number of likely N-dealkylation sites (tertiary alicyclic amines) is 1. The van der Waals surface area contributed by atoms with Crippen LogP contribution < -0.4 is 9.62 Å². The van der Waals surface area contributed by atoms with Crippen molar-refractivity contribution in [3.05, 3.63) is 48.2 Å². The van der Waals surface area contributed by atoms with E-state index in [4.69, 9.17) is 0 Å². The van der Waals surface area contributed by atoms with E-state index in [9.17, 15) is 18.3 Å². The fourth-order valence-electron chi connectivity index (χ4n) is 4.72. The summed E-state index contributed by atoms with van der Waals surface area (Å²) >= 11 is 0. The summed E-state index contributed by atoms with van der Waals surface area (Å²) in [5, 5.41) is 9.77. The molecule has 0 aliphatic carbocycles. The Morgan fingerprint density at radius 1 is 1.06 bits per heavy atom. The van der Waals surface area contributed by atoms with Crippen LogP contribution in [0.4, 0.5) is 11.5 Å². The van der Waals surface area contributed by atoms with Crippen LogP contribution in [-0.2, 0) is 10.0 Å². The topological polar surface area (TPSA) is 103 Å². The van der Waals surface area contributed by atoms with Crippen LogP contribution in [0.1, 0.15) is 48.9 Å². The SMILES string of the molecule is O=C(O)c1cc(NS(=O)(=O)c2ccccc2)cnc1N1CCC(CCN2CCCCC2)CC1. The van der Waals surface area contributed by atoms with Crippen LogP contribution in [-0.4, -0.2) is 62.1 Å². The van der Waals surface area contributed by atoms with Gasteiger partial charge >= 0.3 is 5.97 Å². The largest absolute Gasteiger partial charge is 0.478 e. The number of sulfonamides is 1. The minimum Gasteiger partial charge on any atom is -0.478 e. The minimum atomic E-state index is -3.82. The standard InChI is InChI=1S/C24H32N4O4S/c29-24(30)22-17-20(26-33(31,32)21-7-3-1-4-8-21)18-25-23(22)28-15-10-19(11-16-28)9-14-27-12-5-2-6-13-27/h1,3-4,7-8,17-19,26H,2,5-6,9-16H2,(H,29,30). The molecule has 2 saturated heterocycles. The van der Waals surface area contributed by atoms with Crippen molar-refractivity contribution in [3.8, 4) is 0 Å². The molecule has 2 aliphatic rings. The number of hydrogen-bond donors (Lipinski definition) is 2. The Morgan fingerprint density at radius 2 is 1.76 bits per heavy atom. The summed E-state index contributed by atoms with van der Waals surface area (Å²) in [7, 11) is -3.82. The first-order chi connectivity index (χ1) is 15.9. The second kappa shape index (κ2) is 10.5. The van der Waals surface area contributed by atoms with E-state index in [1.54, 1.807) is 18.2 Å². The highest BCUT2D eigenvalue weighted by Crippen LogP contribution is 2.29. The number of pyridine rings is 1. The average molecular weight is 473 g/mol. The molecule has 1 aromatic heterocycles. The van der Waals surface area contributed by atoms with Gasteiger partial charge in [-0.1, -0.05) is 24.6 Å². The van der Waals surface area contributed by atoms with E-state index in [0.717, 1.165) is 32.5 Å². The van der Waals surface area contributed by atoms with Crippen LogP contribution >= 0.6 is 0 Å². The Balaban J connectivity index is 1.39. The summed E-state index contributed by atoms with van der Waals surface area (Å²) in [6, 6.07) is 9.32. The Bertz CT molecular complexity index is 1050. The molecule has 0 bridgehead atoms. The van der Waals surface area contributed by atoms with Gasteiger partial charge in [0.25, 0.3) is 10.0 Å². The molecule has 0 amide bonds. The first-order valence-electron chi connectivity index (χ1n) is 11.7. The van der Waals surface area contributed by atoms with Crippen molar-refractivity contribution in [2.24, 2.45) is 5.92 Å². The Hall–Kier alpha value is -2.65. The van der Waals surface area contributed by atoms with Crippen molar-refractivity contribution < 1.29 is 18.3 Å². The number of benzene rings is 1. The number of carboxylic acid groups (broad SMARTS) is 1. The summed E-state index contributed by atoms with van der Waals surface area (Å²) in [4.78, 5) is 21.0. The quantitative estimate of drug-likeness (QED) is 0.604. The molecule has 2 fully saturated rings. The van der Waals surface area contributed by atoms with E-state index in [1.165, 1.54) is 63.2 Å². The molecule has 8 nitrogen and oxygen atoms in total. The second-order valence-electron chi connectivity index (χ2n) is 8.94. The number of anilines is 2. The molecule has 9 heteroatoms. The molecular weight excluding hydrogens is 440 g/mol. The van der Waals surface area contributed by atoms with Gasteiger partial charge in [0, 0.05) is 13.1 Å². The fourth-order valence-corrected chi connectivity index (χ4v) is 5.77.